The zero-order valence-electron chi connectivity index (χ0n) is 7.91. The highest BCUT2D eigenvalue weighted by atomic mass is 35.5. The largest absolute Gasteiger partial charge is 0.251 e. The Labute approximate surface area is 97.1 Å². The fourth-order valence-electron chi connectivity index (χ4n) is 1.05. The van der Waals surface area contributed by atoms with Gasteiger partial charge in [-0.15, -0.1) is 0 Å². The van der Waals surface area contributed by atoms with Crippen molar-refractivity contribution in [3.05, 3.63) is 40.3 Å². The minimum Gasteiger partial charge on any atom is -0.251 e. The summed E-state index contributed by atoms with van der Waals surface area (Å²) in [5, 5.41) is 1.02. The number of aryl methyl sites for hydroxylation is 1. The number of pyridine rings is 1. The zero-order valence-corrected chi connectivity index (χ0v) is 9.42. The maximum Gasteiger partial charge on any atom is 0.179 e. The first-order valence-electron chi connectivity index (χ1n) is 4.28. The Hall–Kier alpha value is -1.19. The van der Waals surface area contributed by atoms with Gasteiger partial charge in [0.05, 0.1) is 5.02 Å². The van der Waals surface area contributed by atoms with Crippen LogP contribution in [0.25, 0.3) is 11.5 Å². The summed E-state index contributed by atoms with van der Waals surface area (Å²) in [6.07, 6.45) is 3.22. The molecule has 0 amide bonds. The smallest absolute Gasteiger partial charge is 0.179 e. The molecule has 0 N–H and O–H groups in total. The van der Waals surface area contributed by atoms with Crippen molar-refractivity contribution in [1.82, 2.24) is 15.0 Å². The Morgan fingerprint density at radius 2 is 1.87 bits per heavy atom. The topological polar surface area (TPSA) is 38.7 Å². The second-order valence-corrected chi connectivity index (χ2v) is 3.82. The molecule has 0 bridgehead atoms. The van der Waals surface area contributed by atoms with Crippen LogP contribution in [0.2, 0.25) is 10.2 Å². The Bertz CT molecular complexity index is 483. The van der Waals surface area contributed by atoms with E-state index in [0.29, 0.717) is 21.7 Å². The van der Waals surface area contributed by atoms with E-state index in [9.17, 15) is 0 Å². The van der Waals surface area contributed by atoms with Crippen LogP contribution in [-0.4, -0.2) is 15.0 Å². The van der Waals surface area contributed by atoms with E-state index in [1.807, 2.05) is 6.92 Å². The molecule has 0 radical (unpaired) electrons. The SMILES string of the molecule is Cc1cnc(-c2ccc(Cl)cn2)nc1Cl. The molecule has 0 unspecified atom stereocenters. The summed E-state index contributed by atoms with van der Waals surface area (Å²) in [6.45, 7) is 1.85. The highest BCUT2D eigenvalue weighted by molar-refractivity contribution is 6.30. The van der Waals surface area contributed by atoms with Crippen molar-refractivity contribution in [1.29, 1.82) is 0 Å². The molecule has 15 heavy (non-hydrogen) atoms. The number of nitrogens with zero attached hydrogens (tertiary/aromatic N) is 3. The Morgan fingerprint density at radius 1 is 1.07 bits per heavy atom. The van der Waals surface area contributed by atoms with E-state index in [-0.39, 0.29) is 0 Å². The van der Waals surface area contributed by atoms with E-state index in [0.717, 1.165) is 5.56 Å². The summed E-state index contributed by atoms with van der Waals surface area (Å²) in [5.74, 6) is 0.502. The molecule has 0 aliphatic rings. The van der Waals surface area contributed by atoms with Crippen molar-refractivity contribution < 1.29 is 0 Å². The maximum atomic E-state index is 5.89. The molecule has 0 atom stereocenters. The number of hydrogen-bond donors (Lipinski definition) is 0. The Morgan fingerprint density at radius 3 is 2.47 bits per heavy atom. The van der Waals surface area contributed by atoms with Crippen LogP contribution in [0.3, 0.4) is 0 Å². The summed E-state index contributed by atoms with van der Waals surface area (Å²) in [4.78, 5) is 12.4. The summed E-state index contributed by atoms with van der Waals surface area (Å²) in [5.41, 5.74) is 1.50. The van der Waals surface area contributed by atoms with Crippen LogP contribution < -0.4 is 0 Å². The molecular formula is C10H7Cl2N3. The van der Waals surface area contributed by atoms with E-state index in [4.69, 9.17) is 23.2 Å². The van der Waals surface area contributed by atoms with Gasteiger partial charge in [-0.3, -0.25) is 4.98 Å². The second kappa shape index (κ2) is 4.13. The third kappa shape index (κ3) is 2.25. The van der Waals surface area contributed by atoms with Gasteiger partial charge in [-0.1, -0.05) is 23.2 Å². The highest BCUT2D eigenvalue weighted by Gasteiger charge is 2.05. The molecule has 2 aromatic rings. The van der Waals surface area contributed by atoms with Crippen LogP contribution in [0.5, 0.6) is 0 Å². The molecule has 3 nitrogen and oxygen atoms in total. The first-order valence-corrected chi connectivity index (χ1v) is 5.03. The third-order valence-corrected chi connectivity index (χ3v) is 2.47. The molecule has 0 spiro atoms. The molecule has 0 aliphatic carbocycles. The van der Waals surface area contributed by atoms with Gasteiger partial charge >= 0.3 is 0 Å². The predicted octanol–water partition coefficient (Wildman–Crippen LogP) is 3.15. The molecule has 76 valence electrons. The van der Waals surface area contributed by atoms with E-state index in [2.05, 4.69) is 15.0 Å². The van der Waals surface area contributed by atoms with Crippen LogP contribution in [-0.2, 0) is 0 Å². The molecular weight excluding hydrogens is 233 g/mol. The Balaban J connectivity index is 2.45. The average Bonchev–Trinajstić information content (AvgIpc) is 2.23. The van der Waals surface area contributed by atoms with Crippen LogP contribution in [0.4, 0.5) is 0 Å². The van der Waals surface area contributed by atoms with Crippen molar-refractivity contribution in [3.8, 4) is 11.5 Å². The van der Waals surface area contributed by atoms with Crippen LogP contribution in [0.1, 0.15) is 5.56 Å². The normalized spacial score (nSPS) is 10.3. The van der Waals surface area contributed by atoms with E-state index < -0.39 is 0 Å². The standard InChI is InChI=1S/C10H7Cl2N3/c1-6-4-14-10(15-9(6)12)8-3-2-7(11)5-13-8/h2-5H,1H3. The van der Waals surface area contributed by atoms with Gasteiger partial charge in [-0.2, -0.15) is 0 Å². The summed E-state index contributed by atoms with van der Waals surface area (Å²) >= 11 is 11.6. The van der Waals surface area contributed by atoms with Gasteiger partial charge in [0.15, 0.2) is 5.82 Å². The molecule has 2 rings (SSSR count). The number of halogens is 2. The molecule has 2 aromatic heterocycles. The van der Waals surface area contributed by atoms with Gasteiger partial charge in [0.25, 0.3) is 0 Å². The molecule has 5 heteroatoms. The molecule has 0 saturated carbocycles. The van der Waals surface area contributed by atoms with Crippen molar-refractivity contribution in [2.24, 2.45) is 0 Å². The summed E-state index contributed by atoms with van der Waals surface area (Å²) in [7, 11) is 0. The van der Waals surface area contributed by atoms with Crippen LogP contribution in [0.15, 0.2) is 24.5 Å². The number of hydrogen-bond acceptors (Lipinski definition) is 3. The van der Waals surface area contributed by atoms with Crippen molar-refractivity contribution >= 4 is 23.2 Å². The average molecular weight is 240 g/mol. The number of rotatable bonds is 1. The summed E-state index contributed by atoms with van der Waals surface area (Å²) < 4.78 is 0. The molecule has 0 aromatic carbocycles. The van der Waals surface area contributed by atoms with Crippen molar-refractivity contribution in [2.45, 2.75) is 6.92 Å². The monoisotopic (exact) mass is 239 g/mol. The van der Waals surface area contributed by atoms with Crippen molar-refractivity contribution in [3.63, 3.8) is 0 Å². The minimum absolute atomic E-state index is 0.441. The third-order valence-electron chi connectivity index (χ3n) is 1.87. The summed E-state index contributed by atoms with van der Waals surface area (Å²) in [6, 6.07) is 3.49. The lowest BCUT2D eigenvalue weighted by Crippen LogP contribution is -1.93. The predicted molar refractivity (Wildman–Crippen MR) is 60.0 cm³/mol. The van der Waals surface area contributed by atoms with Gasteiger partial charge in [0, 0.05) is 18.0 Å². The Kier molecular flexibility index (Phi) is 2.84. The molecule has 2 heterocycles. The van der Waals surface area contributed by atoms with Gasteiger partial charge < -0.3 is 0 Å². The first-order chi connectivity index (χ1) is 7.16. The second-order valence-electron chi connectivity index (χ2n) is 3.03. The quantitative estimate of drug-likeness (QED) is 0.718. The minimum atomic E-state index is 0.441. The molecule has 0 saturated heterocycles. The fourth-order valence-corrected chi connectivity index (χ4v) is 1.29. The van der Waals surface area contributed by atoms with Crippen LogP contribution >= 0.6 is 23.2 Å². The lowest BCUT2D eigenvalue weighted by molar-refractivity contribution is 1.11. The fraction of sp³-hybridized carbons (Fsp3) is 0.100. The first kappa shape index (κ1) is 10.3. The van der Waals surface area contributed by atoms with Crippen molar-refractivity contribution in [2.75, 3.05) is 0 Å². The maximum absolute atomic E-state index is 5.89. The molecule has 0 aliphatic heterocycles. The number of aromatic nitrogens is 3. The van der Waals surface area contributed by atoms with Gasteiger partial charge in [-0.05, 0) is 19.1 Å². The zero-order chi connectivity index (χ0) is 10.8. The van der Waals surface area contributed by atoms with E-state index in [1.54, 1.807) is 24.5 Å². The van der Waals surface area contributed by atoms with E-state index in [1.165, 1.54) is 0 Å². The lowest BCUT2D eigenvalue weighted by Gasteiger charge is -2.01. The highest BCUT2D eigenvalue weighted by Crippen LogP contribution is 2.18. The van der Waals surface area contributed by atoms with Gasteiger partial charge in [0.2, 0.25) is 0 Å². The van der Waals surface area contributed by atoms with Crippen LogP contribution in [0, 0.1) is 6.92 Å². The van der Waals surface area contributed by atoms with Gasteiger partial charge in [-0.25, -0.2) is 9.97 Å². The van der Waals surface area contributed by atoms with Gasteiger partial charge in [0.1, 0.15) is 10.8 Å². The van der Waals surface area contributed by atoms with E-state index >= 15 is 0 Å². The lowest BCUT2D eigenvalue weighted by atomic mass is 10.3. The molecule has 0 fully saturated rings.